The molecule has 0 saturated heterocycles. The van der Waals surface area contributed by atoms with Gasteiger partial charge in [0, 0.05) is 61.4 Å². The molecular weight excluding hydrogens is 1160 g/mol. The molecule has 5 N–H and O–H groups in total. The molecule has 81 heavy (non-hydrogen) atoms. The van der Waals surface area contributed by atoms with Gasteiger partial charge in [0.2, 0.25) is 5.91 Å². The van der Waals surface area contributed by atoms with Crippen LogP contribution in [0.5, 0.6) is 0 Å². The molecule has 2 aliphatic rings. The summed E-state index contributed by atoms with van der Waals surface area (Å²) in [6, 6.07) is 16.5. The van der Waals surface area contributed by atoms with E-state index in [0.29, 0.717) is 51.9 Å². The highest BCUT2D eigenvalue weighted by molar-refractivity contribution is 7.90. The quantitative estimate of drug-likeness (QED) is 0.0606. The fourth-order valence-electron chi connectivity index (χ4n) is 9.05. The minimum Gasteiger partial charge on any atom is -0.480 e. The van der Waals surface area contributed by atoms with Crippen molar-refractivity contribution in [1.29, 1.82) is 0 Å². The molecule has 0 bridgehead atoms. The molecule has 2 aromatic heterocycles. The summed E-state index contributed by atoms with van der Waals surface area (Å²) in [7, 11) is -3.52. The summed E-state index contributed by atoms with van der Waals surface area (Å²) < 4.78 is 58.1. The van der Waals surface area contributed by atoms with Gasteiger partial charge in [-0.2, -0.15) is 0 Å². The number of carbonyl (C=O) groups excluding carboxylic acids is 4. The molecular formula is C55H47Cl4F2N7O12S. The largest absolute Gasteiger partial charge is 0.480 e. The van der Waals surface area contributed by atoms with Crippen LogP contribution in [0.4, 0.5) is 8.78 Å². The standard InChI is InChI=1S/C29H24Cl2F2N2O6S.C26H23Cl2N5O6/c1-42(40,41)18-5-2-4-16(12-18)13-24(29(38)39)34-28(37)26-21(30)14-17-15-35(11-10-19(17)27(26)31)25(36)9-8-20-22(32)6-3-7-23(20)33;1-13(34)19-11-33(31-30-19)12-20(26(37)38)29-24(35)22-18(27)8-16-10-32(6-4-17(16)23(22)28)25(36)15-3-2-14-5-7-39-21(14)9-15/h2-9,12,14,24H,10-11,13,15H2,1H3,(H,34,37)(H,38,39);2-3,5,7-9,11,13,20,34H,4,6,10,12H2,1H3,(H,29,35)(H,37,38)/b9-8+;/t24-;13-,20-/m00/s1. The van der Waals surface area contributed by atoms with Crippen LogP contribution in [0.3, 0.4) is 0 Å². The van der Waals surface area contributed by atoms with Gasteiger partial charge in [0.1, 0.15) is 35.0 Å². The first-order valence-corrected chi connectivity index (χ1v) is 27.9. The van der Waals surface area contributed by atoms with E-state index >= 15 is 0 Å². The monoisotopic (exact) mass is 1210 g/mol. The first-order valence-electron chi connectivity index (χ1n) is 24.5. The normalized spacial score (nSPS) is 14.3. The third-order valence-corrected chi connectivity index (χ3v) is 15.8. The van der Waals surface area contributed by atoms with Gasteiger partial charge >= 0.3 is 11.9 Å². The van der Waals surface area contributed by atoms with Crippen LogP contribution in [-0.2, 0) is 63.1 Å². The van der Waals surface area contributed by atoms with Crippen LogP contribution in [-0.4, -0.2) is 116 Å². The number of aliphatic hydroxyl groups is 1. The molecule has 422 valence electrons. The van der Waals surface area contributed by atoms with E-state index in [4.69, 9.17) is 50.8 Å². The van der Waals surface area contributed by atoms with Gasteiger partial charge in [-0.1, -0.05) is 75.9 Å². The maximum Gasteiger partial charge on any atom is 0.328 e. The minimum atomic E-state index is -3.52. The van der Waals surface area contributed by atoms with Gasteiger partial charge in [0.15, 0.2) is 9.84 Å². The predicted octanol–water partition coefficient (Wildman–Crippen LogP) is 8.17. The van der Waals surface area contributed by atoms with Crippen molar-refractivity contribution >= 4 is 109 Å². The molecule has 4 amide bonds. The predicted molar refractivity (Wildman–Crippen MR) is 294 cm³/mol. The van der Waals surface area contributed by atoms with Crippen LogP contribution in [0.15, 0.2) is 107 Å². The van der Waals surface area contributed by atoms with Crippen molar-refractivity contribution in [2.24, 2.45) is 0 Å². The third-order valence-electron chi connectivity index (χ3n) is 13.3. The zero-order valence-electron chi connectivity index (χ0n) is 42.6. The number of hydrogen-bond donors (Lipinski definition) is 5. The summed E-state index contributed by atoms with van der Waals surface area (Å²) in [6.07, 6.45) is 5.65. The van der Waals surface area contributed by atoms with Crippen molar-refractivity contribution in [3.63, 3.8) is 0 Å². The zero-order chi connectivity index (χ0) is 58.6. The number of fused-ring (bicyclic) bond motifs is 3. The smallest absolute Gasteiger partial charge is 0.328 e. The van der Waals surface area contributed by atoms with Crippen molar-refractivity contribution < 1.29 is 65.7 Å². The Balaban J connectivity index is 0.000000213. The van der Waals surface area contributed by atoms with Crippen LogP contribution in [0.1, 0.15) is 83.2 Å². The second-order valence-corrected chi connectivity index (χ2v) is 22.5. The van der Waals surface area contributed by atoms with Crippen LogP contribution in [0, 0.1) is 11.6 Å². The highest BCUT2D eigenvalue weighted by Crippen LogP contribution is 2.37. The number of benzene rings is 5. The van der Waals surface area contributed by atoms with Crippen molar-refractivity contribution in [2.75, 3.05) is 19.3 Å². The van der Waals surface area contributed by atoms with E-state index in [1.807, 2.05) is 12.1 Å². The molecule has 0 saturated carbocycles. The number of nitrogens with zero attached hydrogens (tertiary/aromatic N) is 5. The van der Waals surface area contributed by atoms with Crippen LogP contribution in [0.25, 0.3) is 17.0 Å². The second-order valence-electron chi connectivity index (χ2n) is 18.9. The van der Waals surface area contributed by atoms with Gasteiger partial charge in [0.25, 0.3) is 17.7 Å². The molecule has 0 aliphatic carbocycles. The number of halogens is 6. The third kappa shape index (κ3) is 13.7. The topological polar surface area (TPSA) is 272 Å². The van der Waals surface area contributed by atoms with E-state index in [9.17, 15) is 61.3 Å². The Labute approximate surface area is 480 Å². The van der Waals surface area contributed by atoms with Crippen molar-refractivity contribution in [1.82, 2.24) is 35.4 Å². The number of sulfone groups is 1. The van der Waals surface area contributed by atoms with E-state index in [0.717, 1.165) is 35.9 Å². The first kappa shape index (κ1) is 59.4. The van der Waals surface area contributed by atoms with Crippen molar-refractivity contribution in [2.45, 2.75) is 68.9 Å². The van der Waals surface area contributed by atoms with Gasteiger partial charge < -0.3 is 40.2 Å². The van der Waals surface area contributed by atoms with Gasteiger partial charge in [-0.05, 0) is 108 Å². The van der Waals surface area contributed by atoms with Gasteiger partial charge in [-0.25, -0.2) is 31.5 Å². The highest BCUT2D eigenvalue weighted by atomic mass is 35.5. The fourth-order valence-corrected chi connectivity index (χ4v) is 11.3. The number of amides is 4. The Morgan fingerprint density at radius 1 is 0.778 bits per heavy atom. The van der Waals surface area contributed by atoms with E-state index in [1.165, 1.54) is 53.0 Å². The minimum absolute atomic E-state index is 0.00859. The Morgan fingerprint density at radius 2 is 1.36 bits per heavy atom. The number of aromatic nitrogens is 3. The molecule has 9 rings (SSSR count). The molecule has 0 unspecified atom stereocenters. The number of aliphatic hydroxyl groups excluding tert-OH is 1. The summed E-state index contributed by atoms with van der Waals surface area (Å²) in [5.41, 5.74) is 3.69. The van der Waals surface area contributed by atoms with Crippen LogP contribution >= 0.6 is 46.4 Å². The first-order chi connectivity index (χ1) is 38.4. The number of hydrogen-bond acceptors (Lipinski definition) is 12. The number of furan rings is 1. The van der Waals surface area contributed by atoms with E-state index < -0.39 is 69.3 Å². The summed E-state index contributed by atoms with van der Waals surface area (Å²) in [5.74, 6) is -6.54. The molecule has 0 radical (unpaired) electrons. The van der Waals surface area contributed by atoms with Crippen LogP contribution in [0.2, 0.25) is 20.1 Å². The van der Waals surface area contributed by atoms with E-state index in [1.54, 1.807) is 35.4 Å². The molecule has 3 atom stereocenters. The molecule has 19 nitrogen and oxygen atoms in total. The van der Waals surface area contributed by atoms with E-state index in [-0.39, 0.29) is 92.3 Å². The Hall–Kier alpha value is -7.73. The lowest BCUT2D eigenvalue weighted by Crippen LogP contribution is -2.44. The molecule has 5 aromatic carbocycles. The lowest BCUT2D eigenvalue weighted by Gasteiger charge is -2.30. The SMILES string of the molecule is CS(=O)(=O)c1cccc(C[C@H](NC(=O)c2c(Cl)cc3c(c2Cl)CCN(C(=O)/C=C/c2c(F)cccc2F)C3)C(=O)O)c1.C[C@H](O)c1cn(C[C@H](NC(=O)c2c(Cl)cc3c(c2Cl)CCN(C(=O)c2ccc4ccoc4c2)C3)C(=O)O)nn1. The molecule has 0 fully saturated rings. The summed E-state index contributed by atoms with van der Waals surface area (Å²) >= 11 is 26.0. The Kier molecular flexibility index (Phi) is 18.3. The average molecular weight is 1210 g/mol. The van der Waals surface area contributed by atoms with Crippen molar-refractivity contribution in [3.05, 3.63) is 185 Å². The van der Waals surface area contributed by atoms with Crippen LogP contribution < -0.4 is 10.6 Å². The summed E-state index contributed by atoms with van der Waals surface area (Å²) in [6.45, 7) is 2.11. The lowest BCUT2D eigenvalue weighted by molar-refractivity contribution is -0.140. The number of carboxylic acids is 2. The molecule has 7 aromatic rings. The molecule has 4 heterocycles. The highest BCUT2D eigenvalue weighted by Gasteiger charge is 2.32. The second kappa shape index (κ2) is 25.0. The van der Waals surface area contributed by atoms with Gasteiger partial charge in [-0.15, -0.1) is 5.10 Å². The number of aliphatic carboxylic acids is 2. The number of nitrogens with one attached hydrogen (secondary N) is 2. The Bertz CT molecular complexity index is 3800. The van der Waals surface area contributed by atoms with Gasteiger partial charge in [0.05, 0.1) is 61.2 Å². The molecule has 2 aliphatic heterocycles. The Morgan fingerprint density at radius 3 is 1.94 bits per heavy atom. The summed E-state index contributed by atoms with van der Waals surface area (Å²) in [5, 5.41) is 42.4. The number of carbonyl (C=O) groups is 6. The van der Waals surface area contributed by atoms with E-state index in [2.05, 4.69) is 20.9 Å². The lowest BCUT2D eigenvalue weighted by atomic mass is 9.96. The van der Waals surface area contributed by atoms with Crippen molar-refractivity contribution in [3.8, 4) is 0 Å². The average Bonchev–Trinajstić information content (AvgIpc) is 4.18. The molecule has 0 spiro atoms. The number of rotatable bonds is 15. The zero-order valence-corrected chi connectivity index (χ0v) is 46.5. The maximum atomic E-state index is 13.9. The molecule has 26 heteroatoms. The number of carboxylic acid groups (broad SMARTS) is 2. The summed E-state index contributed by atoms with van der Waals surface area (Å²) in [4.78, 5) is 79.1. The van der Waals surface area contributed by atoms with Gasteiger partial charge in [-0.3, -0.25) is 19.2 Å². The maximum absolute atomic E-state index is 13.9. The fraction of sp³-hybridized carbons (Fsp3) is 0.236.